The largest absolute Gasteiger partial charge is 0.403 e. The molecule has 1 saturated heterocycles. The summed E-state index contributed by atoms with van der Waals surface area (Å²) in [6.45, 7) is 0. The Labute approximate surface area is 178 Å². The fourth-order valence-electron chi connectivity index (χ4n) is 3.95. The number of nitriles is 1. The Bertz CT molecular complexity index is 1090. The van der Waals surface area contributed by atoms with E-state index in [2.05, 4.69) is 32.4 Å². The minimum Gasteiger partial charge on any atom is -0.403 e. The van der Waals surface area contributed by atoms with Gasteiger partial charge in [-0.3, -0.25) is 9.79 Å². The van der Waals surface area contributed by atoms with Crippen molar-refractivity contribution in [2.75, 3.05) is 12.4 Å². The number of hydrogen-bond acceptors (Lipinski definition) is 8. The van der Waals surface area contributed by atoms with Crippen LogP contribution in [-0.4, -0.2) is 46.1 Å². The minimum atomic E-state index is 0.00548. The van der Waals surface area contributed by atoms with Gasteiger partial charge in [-0.15, -0.1) is 11.3 Å². The van der Waals surface area contributed by atoms with Crippen LogP contribution in [0.25, 0.3) is 5.57 Å². The van der Waals surface area contributed by atoms with Crippen molar-refractivity contribution in [2.24, 2.45) is 10.7 Å². The van der Waals surface area contributed by atoms with Gasteiger partial charge in [-0.2, -0.15) is 5.26 Å². The predicted molar refractivity (Wildman–Crippen MR) is 117 cm³/mol. The van der Waals surface area contributed by atoms with Gasteiger partial charge in [0.05, 0.1) is 27.9 Å². The van der Waals surface area contributed by atoms with Crippen molar-refractivity contribution in [3.05, 3.63) is 57.8 Å². The molecule has 0 spiro atoms. The number of aromatic nitrogens is 2. The molecule has 1 amide bonds. The smallest absolute Gasteiger partial charge is 0.264 e. The summed E-state index contributed by atoms with van der Waals surface area (Å²) in [5.41, 5.74) is 8.69. The van der Waals surface area contributed by atoms with Crippen LogP contribution >= 0.6 is 11.3 Å². The molecule has 2 unspecified atom stereocenters. The molecule has 2 aromatic rings. The highest BCUT2D eigenvalue weighted by Crippen LogP contribution is 2.39. The van der Waals surface area contributed by atoms with E-state index in [0.29, 0.717) is 22.1 Å². The van der Waals surface area contributed by atoms with Gasteiger partial charge in [0.2, 0.25) is 5.95 Å². The number of fused-ring (bicyclic) bond motifs is 2. The summed E-state index contributed by atoms with van der Waals surface area (Å²) in [7, 11) is 1.66. The topological polar surface area (TPSA) is 120 Å². The molecule has 3 N–H and O–H groups in total. The maximum atomic E-state index is 13.0. The molecular weight excluding hydrogens is 398 g/mol. The number of nitrogens with two attached hydrogens (primary N) is 1. The van der Waals surface area contributed by atoms with E-state index in [1.165, 1.54) is 17.5 Å². The summed E-state index contributed by atoms with van der Waals surface area (Å²) in [5, 5.41) is 13.8. The van der Waals surface area contributed by atoms with Crippen molar-refractivity contribution >= 4 is 35.0 Å². The molecule has 8 nitrogen and oxygen atoms in total. The molecular formula is C21H21N7OS. The average molecular weight is 420 g/mol. The third kappa shape index (κ3) is 3.82. The van der Waals surface area contributed by atoms with Gasteiger partial charge in [0, 0.05) is 37.1 Å². The number of amides is 1. The van der Waals surface area contributed by atoms with Crippen LogP contribution in [-0.2, 0) is 0 Å². The van der Waals surface area contributed by atoms with E-state index in [1.807, 2.05) is 11.0 Å². The summed E-state index contributed by atoms with van der Waals surface area (Å²) in [4.78, 5) is 28.4. The van der Waals surface area contributed by atoms with E-state index < -0.39 is 0 Å². The Morgan fingerprint density at radius 2 is 2.37 bits per heavy atom. The highest BCUT2D eigenvalue weighted by Gasteiger charge is 2.40. The standard InChI is InChI=1S/C21H21N7OS/c1-24-11-15(10-23)26-21-25-5-4-18(27-21)14-7-16-2-3-17(8-14)28(16)20(29)19-6-13(9-22)12-30-19/h4-7,10-12,16-17H,2-3,8,23H2,1H3,(H,25,26,27). The van der Waals surface area contributed by atoms with Crippen LogP contribution in [0.4, 0.5) is 5.95 Å². The second-order valence-corrected chi connectivity index (χ2v) is 8.03. The normalized spacial score (nSPS) is 20.9. The summed E-state index contributed by atoms with van der Waals surface area (Å²) in [5.74, 6) is 0.449. The quantitative estimate of drug-likeness (QED) is 0.719. The number of hydrogen-bond donors (Lipinski definition) is 2. The third-order valence-electron chi connectivity index (χ3n) is 5.26. The van der Waals surface area contributed by atoms with Crippen molar-refractivity contribution in [3.63, 3.8) is 0 Å². The monoisotopic (exact) mass is 419 g/mol. The highest BCUT2D eigenvalue weighted by molar-refractivity contribution is 7.12. The maximum Gasteiger partial charge on any atom is 0.264 e. The lowest BCUT2D eigenvalue weighted by Gasteiger charge is -2.33. The molecule has 2 aliphatic rings. The molecule has 0 saturated carbocycles. The molecule has 2 bridgehead atoms. The second kappa shape index (κ2) is 8.47. The first-order valence-corrected chi connectivity index (χ1v) is 10.5. The summed E-state index contributed by atoms with van der Waals surface area (Å²) >= 11 is 1.33. The van der Waals surface area contributed by atoms with E-state index in [1.54, 1.807) is 30.9 Å². The molecule has 2 aliphatic heterocycles. The SMILES string of the molecule is CN=CC(=CN)Nc1nccc(C2=CC3CCC(C2)N3C(=O)c2cc(C#N)cs2)n1. The molecule has 1 fully saturated rings. The molecule has 4 rings (SSSR count). The van der Waals surface area contributed by atoms with E-state index in [0.717, 1.165) is 30.5 Å². The van der Waals surface area contributed by atoms with Gasteiger partial charge >= 0.3 is 0 Å². The van der Waals surface area contributed by atoms with E-state index in [-0.39, 0.29) is 18.0 Å². The number of carbonyl (C=O) groups is 1. The van der Waals surface area contributed by atoms with Crippen LogP contribution in [0.2, 0.25) is 0 Å². The van der Waals surface area contributed by atoms with E-state index in [9.17, 15) is 4.79 Å². The first-order chi connectivity index (χ1) is 14.6. The Balaban J connectivity index is 1.55. The van der Waals surface area contributed by atoms with Gasteiger partial charge in [0.25, 0.3) is 5.91 Å². The molecule has 0 radical (unpaired) electrons. The molecule has 0 aliphatic carbocycles. The van der Waals surface area contributed by atoms with Gasteiger partial charge in [-0.05, 0) is 37.0 Å². The zero-order valence-electron chi connectivity index (χ0n) is 16.4. The first-order valence-electron chi connectivity index (χ1n) is 9.59. The second-order valence-electron chi connectivity index (χ2n) is 7.12. The van der Waals surface area contributed by atoms with Gasteiger partial charge in [-0.1, -0.05) is 6.08 Å². The van der Waals surface area contributed by atoms with Crippen LogP contribution < -0.4 is 11.1 Å². The predicted octanol–water partition coefficient (Wildman–Crippen LogP) is 2.78. The number of nitrogens with zero attached hydrogens (tertiary/aromatic N) is 5. The number of nitrogens with one attached hydrogen (secondary N) is 1. The van der Waals surface area contributed by atoms with Crippen LogP contribution in [0.15, 0.2) is 46.7 Å². The Morgan fingerprint density at radius 1 is 1.50 bits per heavy atom. The number of anilines is 1. The van der Waals surface area contributed by atoms with Crippen molar-refractivity contribution in [1.82, 2.24) is 14.9 Å². The summed E-state index contributed by atoms with van der Waals surface area (Å²) in [6.07, 6.45) is 9.48. The van der Waals surface area contributed by atoms with Crippen molar-refractivity contribution < 1.29 is 4.79 Å². The van der Waals surface area contributed by atoms with Crippen LogP contribution in [0.5, 0.6) is 0 Å². The Morgan fingerprint density at radius 3 is 3.07 bits per heavy atom. The molecule has 9 heteroatoms. The summed E-state index contributed by atoms with van der Waals surface area (Å²) < 4.78 is 0. The van der Waals surface area contributed by atoms with Gasteiger partial charge < -0.3 is 16.0 Å². The molecule has 30 heavy (non-hydrogen) atoms. The fraction of sp³-hybridized carbons (Fsp3) is 0.286. The van der Waals surface area contributed by atoms with E-state index >= 15 is 0 Å². The highest BCUT2D eigenvalue weighted by atomic mass is 32.1. The minimum absolute atomic E-state index is 0.00548. The van der Waals surface area contributed by atoms with Crippen LogP contribution in [0, 0.1) is 11.3 Å². The van der Waals surface area contributed by atoms with Crippen molar-refractivity contribution in [2.45, 2.75) is 31.3 Å². The number of carbonyl (C=O) groups excluding carboxylic acids is 1. The molecule has 2 aromatic heterocycles. The molecule has 152 valence electrons. The summed E-state index contributed by atoms with van der Waals surface area (Å²) in [6, 6.07) is 5.82. The van der Waals surface area contributed by atoms with Crippen molar-refractivity contribution in [3.8, 4) is 6.07 Å². The molecule has 4 heterocycles. The first kappa shape index (κ1) is 19.8. The lowest BCUT2D eigenvalue weighted by molar-refractivity contribution is 0.0697. The maximum absolute atomic E-state index is 13.0. The fourth-order valence-corrected chi connectivity index (χ4v) is 4.73. The number of rotatable bonds is 5. The lowest BCUT2D eigenvalue weighted by Crippen LogP contribution is -2.42. The zero-order valence-corrected chi connectivity index (χ0v) is 17.3. The zero-order chi connectivity index (χ0) is 21.1. The third-order valence-corrected chi connectivity index (χ3v) is 6.18. The Kier molecular flexibility index (Phi) is 5.59. The number of thiophene rings is 1. The van der Waals surface area contributed by atoms with Crippen LogP contribution in [0.1, 0.15) is 40.2 Å². The van der Waals surface area contributed by atoms with Crippen molar-refractivity contribution in [1.29, 1.82) is 5.26 Å². The van der Waals surface area contributed by atoms with Gasteiger partial charge in [0.15, 0.2) is 0 Å². The lowest BCUT2D eigenvalue weighted by atomic mass is 9.98. The van der Waals surface area contributed by atoms with E-state index in [4.69, 9.17) is 11.0 Å². The molecule has 2 atom stereocenters. The average Bonchev–Trinajstić information content (AvgIpc) is 3.35. The van der Waals surface area contributed by atoms with Gasteiger partial charge in [0.1, 0.15) is 6.07 Å². The number of allylic oxidation sites excluding steroid dienone is 1. The number of aliphatic imine (C=N–C) groups is 1. The van der Waals surface area contributed by atoms with Crippen LogP contribution in [0.3, 0.4) is 0 Å². The Hall–Kier alpha value is -3.51. The van der Waals surface area contributed by atoms with Gasteiger partial charge in [-0.25, -0.2) is 9.97 Å². The molecule has 0 aromatic carbocycles.